The zero-order chi connectivity index (χ0) is 32.3. The molecule has 244 valence electrons. The lowest BCUT2D eigenvalue weighted by atomic mass is 9.87. The number of aldehydes is 1. The number of carbonyl (C=O) groups is 3. The summed E-state index contributed by atoms with van der Waals surface area (Å²) in [7, 11) is 3.06. The lowest BCUT2D eigenvalue weighted by Crippen LogP contribution is -2.55. The lowest BCUT2D eigenvalue weighted by Gasteiger charge is -2.41. The highest BCUT2D eigenvalue weighted by atomic mass is 127. The molecular formula is C34H43IN2O8. The van der Waals surface area contributed by atoms with Crippen LogP contribution in [-0.2, 0) is 16.0 Å². The highest BCUT2D eigenvalue weighted by molar-refractivity contribution is 14.1. The summed E-state index contributed by atoms with van der Waals surface area (Å²) in [6.45, 7) is 0.162. The Morgan fingerprint density at radius 2 is 1.91 bits per heavy atom. The van der Waals surface area contributed by atoms with Gasteiger partial charge < -0.3 is 34.6 Å². The Morgan fingerprint density at radius 1 is 1.13 bits per heavy atom. The quantitative estimate of drug-likeness (QED) is 0.184. The van der Waals surface area contributed by atoms with Crippen LogP contribution in [0.2, 0.25) is 0 Å². The number of methoxy groups -OCH3 is 2. The van der Waals surface area contributed by atoms with Crippen LogP contribution >= 0.6 is 22.6 Å². The minimum Gasteiger partial charge on any atom is -0.497 e. The van der Waals surface area contributed by atoms with Gasteiger partial charge >= 0.3 is 0 Å². The van der Waals surface area contributed by atoms with E-state index >= 15 is 0 Å². The Morgan fingerprint density at radius 3 is 2.60 bits per heavy atom. The molecule has 2 aliphatic rings. The zero-order valence-corrected chi connectivity index (χ0v) is 28.0. The van der Waals surface area contributed by atoms with Crippen LogP contribution in [-0.4, -0.2) is 85.4 Å². The molecule has 4 rings (SSSR count). The average Bonchev–Trinajstić information content (AvgIpc) is 3.58. The number of nitrogens with one attached hydrogen (secondary N) is 1. The highest BCUT2D eigenvalue weighted by Crippen LogP contribution is 2.37. The molecule has 3 atom stereocenters. The van der Waals surface area contributed by atoms with Crippen molar-refractivity contribution < 1.29 is 38.8 Å². The van der Waals surface area contributed by atoms with E-state index in [0.29, 0.717) is 63.5 Å². The Balaban J connectivity index is 1.66. The molecule has 2 aromatic rings. The van der Waals surface area contributed by atoms with E-state index in [-0.39, 0.29) is 25.5 Å². The fourth-order valence-electron chi connectivity index (χ4n) is 6.16. The molecule has 0 heterocycles. The largest absolute Gasteiger partial charge is 0.497 e. The van der Waals surface area contributed by atoms with E-state index < -0.39 is 24.2 Å². The Labute approximate surface area is 278 Å². The van der Waals surface area contributed by atoms with Gasteiger partial charge in [-0.1, -0.05) is 37.8 Å². The maximum absolute atomic E-state index is 14.0. The molecule has 0 radical (unpaired) electrons. The third-order valence-corrected chi connectivity index (χ3v) is 9.39. The first-order valence-electron chi connectivity index (χ1n) is 15.5. The molecule has 0 saturated heterocycles. The van der Waals surface area contributed by atoms with Gasteiger partial charge in [-0.25, -0.2) is 0 Å². The van der Waals surface area contributed by atoms with Crippen LogP contribution in [0.25, 0.3) is 0 Å². The normalized spacial score (nSPS) is 19.8. The number of nitrogens with zero attached hydrogens (tertiary/aromatic N) is 1. The molecular weight excluding hydrogens is 691 g/mol. The Kier molecular flexibility index (Phi) is 13.1. The van der Waals surface area contributed by atoms with Gasteiger partial charge in [-0.2, -0.15) is 0 Å². The summed E-state index contributed by atoms with van der Waals surface area (Å²) < 4.78 is 17.8. The average molecular weight is 735 g/mol. The third kappa shape index (κ3) is 9.20. The van der Waals surface area contributed by atoms with E-state index in [1.165, 1.54) is 20.0 Å². The van der Waals surface area contributed by atoms with Gasteiger partial charge in [-0.05, 0) is 77.3 Å². The molecule has 2 aromatic carbocycles. The summed E-state index contributed by atoms with van der Waals surface area (Å²) in [6.07, 6.45) is 6.50. The minimum atomic E-state index is -1.17. The molecule has 2 amide bonds. The van der Waals surface area contributed by atoms with Crippen molar-refractivity contribution in [2.45, 2.75) is 69.6 Å². The van der Waals surface area contributed by atoms with E-state index in [0.717, 1.165) is 24.8 Å². The number of amides is 2. The first kappa shape index (κ1) is 34.7. The third-order valence-electron chi connectivity index (χ3n) is 8.59. The molecule has 45 heavy (non-hydrogen) atoms. The van der Waals surface area contributed by atoms with Gasteiger partial charge in [0.25, 0.3) is 0 Å². The second kappa shape index (κ2) is 17.0. The van der Waals surface area contributed by atoms with Crippen LogP contribution in [0.15, 0.2) is 48.0 Å². The Hall–Kier alpha value is -3.16. The number of benzene rings is 2. The fourth-order valence-corrected chi connectivity index (χ4v) is 6.91. The van der Waals surface area contributed by atoms with Crippen LogP contribution in [0.4, 0.5) is 0 Å². The summed E-state index contributed by atoms with van der Waals surface area (Å²) >= 11 is 2.03. The Bertz CT molecular complexity index is 1360. The van der Waals surface area contributed by atoms with E-state index in [1.54, 1.807) is 30.2 Å². The smallest absolute Gasteiger partial charge is 0.247 e. The van der Waals surface area contributed by atoms with E-state index in [1.807, 2.05) is 46.9 Å². The van der Waals surface area contributed by atoms with Gasteiger partial charge in [-0.3, -0.25) is 14.4 Å². The number of aliphatic hydroxyl groups excluding tert-OH is 2. The molecule has 10 nitrogen and oxygen atoms in total. The number of carbonyl (C=O) groups excluding carboxylic acids is 3. The molecule has 2 aliphatic carbocycles. The molecule has 1 fully saturated rings. The predicted octanol–water partition coefficient (Wildman–Crippen LogP) is 4.08. The number of rotatable bonds is 15. The molecule has 1 saturated carbocycles. The van der Waals surface area contributed by atoms with Crippen molar-refractivity contribution in [3.8, 4) is 17.2 Å². The van der Waals surface area contributed by atoms with Crippen LogP contribution in [0.5, 0.6) is 17.2 Å². The SMILES string of the molecule is COc1cccc(CCN(C(=O)CCC2CCCC2)C2CC(C(=O)NCCO)=CC(Oc3c(I)cc(C=O)cc3OC)C2O)c1. The number of hydrogen-bond acceptors (Lipinski definition) is 8. The lowest BCUT2D eigenvalue weighted by molar-refractivity contribution is -0.138. The van der Waals surface area contributed by atoms with E-state index in [4.69, 9.17) is 14.2 Å². The number of halogens is 1. The van der Waals surface area contributed by atoms with Crippen molar-refractivity contribution in [3.05, 3.63) is 62.7 Å². The van der Waals surface area contributed by atoms with E-state index in [2.05, 4.69) is 5.32 Å². The van der Waals surface area contributed by atoms with Gasteiger partial charge in [0.2, 0.25) is 11.8 Å². The van der Waals surface area contributed by atoms with Crippen LogP contribution in [0, 0.1) is 9.49 Å². The van der Waals surface area contributed by atoms with Crippen LogP contribution < -0.4 is 19.5 Å². The first-order chi connectivity index (χ1) is 21.8. The summed E-state index contributed by atoms with van der Waals surface area (Å²) in [5, 5.41) is 23.9. The van der Waals surface area contributed by atoms with Gasteiger partial charge in [-0.15, -0.1) is 0 Å². The highest BCUT2D eigenvalue weighted by Gasteiger charge is 2.41. The monoisotopic (exact) mass is 734 g/mol. The standard InChI is InChI=1S/C34H43IN2O8/c1-43-26-9-5-8-23(16-26)12-14-37(31(40)11-10-22-6-3-4-7-22)28-19-25(34(42)36-13-15-38)20-29(32(28)41)45-33-27(35)17-24(21-39)18-30(33)44-2/h5,8-9,16-18,20-22,28-29,32,38,41H,3-4,6-7,10-15,19H2,1-2H3,(H,36,42). The topological polar surface area (TPSA) is 135 Å². The summed E-state index contributed by atoms with van der Waals surface area (Å²) in [5.74, 6) is 1.37. The maximum atomic E-state index is 14.0. The number of aliphatic hydroxyl groups is 2. The fraction of sp³-hybridized carbons (Fsp3) is 0.500. The first-order valence-corrected chi connectivity index (χ1v) is 16.5. The van der Waals surface area contributed by atoms with Crippen molar-refractivity contribution in [2.24, 2.45) is 5.92 Å². The van der Waals surface area contributed by atoms with Gasteiger partial charge in [0, 0.05) is 37.1 Å². The maximum Gasteiger partial charge on any atom is 0.247 e. The van der Waals surface area contributed by atoms with E-state index in [9.17, 15) is 24.6 Å². The second-order valence-electron chi connectivity index (χ2n) is 11.5. The predicted molar refractivity (Wildman–Crippen MR) is 178 cm³/mol. The molecule has 11 heteroatoms. The van der Waals surface area contributed by atoms with Gasteiger partial charge in [0.15, 0.2) is 11.5 Å². The molecule has 3 unspecified atom stereocenters. The molecule has 3 N–H and O–H groups in total. The summed E-state index contributed by atoms with van der Waals surface area (Å²) in [6, 6.07) is 10.1. The molecule has 0 bridgehead atoms. The zero-order valence-electron chi connectivity index (χ0n) is 25.9. The molecule has 0 aromatic heterocycles. The van der Waals surface area contributed by atoms with Crippen LogP contribution in [0.1, 0.15) is 60.9 Å². The van der Waals surface area contributed by atoms with Crippen molar-refractivity contribution in [1.29, 1.82) is 0 Å². The molecule has 0 spiro atoms. The number of ether oxygens (including phenoxy) is 3. The van der Waals surface area contributed by atoms with Gasteiger partial charge in [0.05, 0.1) is 30.4 Å². The van der Waals surface area contributed by atoms with Crippen molar-refractivity contribution in [3.63, 3.8) is 0 Å². The van der Waals surface area contributed by atoms with Crippen LogP contribution in [0.3, 0.4) is 0 Å². The summed E-state index contributed by atoms with van der Waals surface area (Å²) in [4.78, 5) is 40.3. The molecule has 0 aliphatic heterocycles. The van der Waals surface area contributed by atoms with Crippen molar-refractivity contribution >= 4 is 40.7 Å². The minimum absolute atomic E-state index is 0.0632. The van der Waals surface area contributed by atoms with Gasteiger partial charge in [0.1, 0.15) is 24.2 Å². The van der Waals surface area contributed by atoms with Crippen molar-refractivity contribution in [2.75, 3.05) is 33.9 Å². The second-order valence-corrected chi connectivity index (χ2v) is 12.7. The number of hydrogen-bond donors (Lipinski definition) is 3. The van der Waals surface area contributed by atoms with Crippen molar-refractivity contribution in [1.82, 2.24) is 10.2 Å². The summed E-state index contributed by atoms with van der Waals surface area (Å²) in [5.41, 5.74) is 1.73.